The van der Waals surface area contributed by atoms with Crippen LogP contribution in [-0.2, 0) is 13.1 Å². The molecule has 0 aliphatic rings. The summed E-state index contributed by atoms with van der Waals surface area (Å²) in [7, 11) is 0. The van der Waals surface area contributed by atoms with Crippen molar-refractivity contribution >= 4 is 0 Å². The first-order valence-electron chi connectivity index (χ1n) is 6.26. The summed E-state index contributed by atoms with van der Waals surface area (Å²) in [4.78, 5) is 0. The summed E-state index contributed by atoms with van der Waals surface area (Å²) >= 11 is 0. The van der Waals surface area contributed by atoms with Crippen molar-refractivity contribution in [1.29, 1.82) is 0 Å². The zero-order valence-electron chi connectivity index (χ0n) is 11.1. The van der Waals surface area contributed by atoms with Crippen molar-refractivity contribution in [2.24, 2.45) is 0 Å². The topological polar surface area (TPSA) is 12.0 Å². The lowest BCUT2D eigenvalue weighted by Gasteiger charge is -2.07. The number of halogens is 2. The van der Waals surface area contributed by atoms with Gasteiger partial charge in [0.25, 0.3) is 0 Å². The molecule has 0 saturated carbocycles. The highest BCUT2D eigenvalue weighted by molar-refractivity contribution is 5.28. The molecule has 2 aromatic rings. The van der Waals surface area contributed by atoms with Crippen LogP contribution >= 0.6 is 0 Å². The van der Waals surface area contributed by atoms with E-state index in [1.54, 1.807) is 6.07 Å². The monoisotopic (exact) mass is 261 g/mol. The standard InChI is InChI=1S/C16H17F2N/c1-11-5-12(2)7-14(6-11)10-19-9-13-3-4-15(17)16(18)8-13/h3-8,19H,9-10H2,1-2H3. The quantitative estimate of drug-likeness (QED) is 0.881. The van der Waals surface area contributed by atoms with E-state index in [1.807, 2.05) is 0 Å². The number of benzene rings is 2. The second-order valence-corrected chi connectivity index (χ2v) is 4.85. The lowest BCUT2D eigenvalue weighted by atomic mass is 10.1. The maximum absolute atomic E-state index is 13.0. The smallest absolute Gasteiger partial charge is 0.159 e. The number of nitrogens with one attached hydrogen (secondary N) is 1. The van der Waals surface area contributed by atoms with Crippen LogP contribution in [0.4, 0.5) is 8.78 Å². The van der Waals surface area contributed by atoms with Gasteiger partial charge in [-0.3, -0.25) is 0 Å². The van der Waals surface area contributed by atoms with E-state index in [9.17, 15) is 8.78 Å². The molecule has 2 rings (SSSR count). The van der Waals surface area contributed by atoms with Crippen LogP contribution in [-0.4, -0.2) is 0 Å². The summed E-state index contributed by atoms with van der Waals surface area (Å²) in [5, 5.41) is 3.23. The number of rotatable bonds is 4. The molecule has 0 unspecified atom stereocenters. The van der Waals surface area contributed by atoms with E-state index in [-0.39, 0.29) is 0 Å². The van der Waals surface area contributed by atoms with Gasteiger partial charge < -0.3 is 5.32 Å². The van der Waals surface area contributed by atoms with E-state index < -0.39 is 11.6 Å². The molecule has 100 valence electrons. The molecule has 0 saturated heterocycles. The molecule has 1 N–H and O–H groups in total. The van der Waals surface area contributed by atoms with Crippen LogP contribution in [0, 0.1) is 25.5 Å². The molecule has 3 heteroatoms. The molecule has 0 aliphatic heterocycles. The van der Waals surface area contributed by atoms with Gasteiger partial charge in [-0.2, -0.15) is 0 Å². The van der Waals surface area contributed by atoms with Gasteiger partial charge in [-0.1, -0.05) is 35.4 Å². The first-order valence-corrected chi connectivity index (χ1v) is 6.26. The summed E-state index contributed by atoms with van der Waals surface area (Å²) in [6, 6.07) is 10.3. The SMILES string of the molecule is Cc1cc(C)cc(CNCc2ccc(F)c(F)c2)c1. The molecule has 0 amide bonds. The molecule has 0 radical (unpaired) electrons. The van der Waals surface area contributed by atoms with Gasteiger partial charge in [0, 0.05) is 13.1 Å². The Morgan fingerprint density at radius 2 is 1.42 bits per heavy atom. The average Bonchev–Trinajstić information content (AvgIpc) is 2.32. The Hall–Kier alpha value is -1.74. The zero-order chi connectivity index (χ0) is 13.8. The van der Waals surface area contributed by atoms with Crippen molar-refractivity contribution in [3.05, 3.63) is 70.3 Å². The summed E-state index contributed by atoms with van der Waals surface area (Å²) in [6.45, 7) is 5.35. The lowest BCUT2D eigenvalue weighted by Crippen LogP contribution is -2.13. The molecule has 0 spiro atoms. The largest absolute Gasteiger partial charge is 0.309 e. The van der Waals surface area contributed by atoms with E-state index in [2.05, 4.69) is 37.4 Å². The lowest BCUT2D eigenvalue weighted by molar-refractivity contribution is 0.506. The molecular formula is C16H17F2N. The number of hydrogen-bond acceptors (Lipinski definition) is 1. The first-order chi connectivity index (χ1) is 9.04. The van der Waals surface area contributed by atoms with Crippen LogP contribution in [0.15, 0.2) is 36.4 Å². The fraction of sp³-hybridized carbons (Fsp3) is 0.250. The minimum Gasteiger partial charge on any atom is -0.309 e. The molecule has 0 fully saturated rings. The fourth-order valence-electron chi connectivity index (χ4n) is 2.17. The van der Waals surface area contributed by atoms with Crippen LogP contribution < -0.4 is 5.32 Å². The Morgan fingerprint density at radius 1 is 0.789 bits per heavy atom. The van der Waals surface area contributed by atoms with Crippen LogP contribution in [0.2, 0.25) is 0 Å². The van der Waals surface area contributed by atoms with Gasteiger partial charge in [0.2, 0.25) is 0 Å². The number of aryl methyl sites for hydroxylation is 2. The molecule has 0 atom stereocenters. The normalized spacial score (nSPS) is 10.7. The van der Waals surface area contributed by atoms with Gasteiger partial charge in [0.15, 0.2) is 11.6 Å². The van der Waals surface area contributed by atoms with Gasteiger partial charge >= 0.3 is 0 Å². The highest BCUT2D eigenvalue weighted by atomic mass is 19.2. The van der Waals surface area contributed by atoms with Crippen LogP contribution in [0.25, 0.3) is 0 Å². The minimum atomic E-state index is -0.807. The predicted octanol–water partition coefficient (Wildman–Crippen LogP) is 3.87. The Bertz CT molecular complexity index is 559. The first kappa shape index (κ1) is 13.7. The predicted molar refractivity (Wildman–Crippen MR) is 72.8 cm³/mol. The van der Waals surface area contributed by atoms with Gasteiger partial charge in [-0.25, -0.2) is 8.78 Å². The van der Waals surface area contributed by atoms with E-state index in [0.29, 0.717) is 13.1 Å². The Morgan fingerprint density at radius 3 is 2.05 bits per heavy atom. The van der Waals surface area contributed by atoms with Crippen LogP contribution in [0.1, 0.15) is 22.3 Å². The zero-order valence-corrected chi connectivity index (χ0v) is 11.1. The molecule has 0 heterocycles. The average molecular weight is 261 g/mol. The van der Waals surface area contributed by atoms with Crippen LogP contribution in [0.5, 0.6) is 0 Å². The van der Waals surface area contributed by atoms with Crippen molar-refractivity contribution in [3.63, 3.8) is 0 Å². The van der Waals surface area contributed by atoms with Gasteiger partial charge in [0.05, 0.1) is 0 Å². The maximum Gasteiger partial charge on any atom is 0.159 e. The van der Waals surface area contributed by atoms with Gasteiger partial charge in [0.1, 0.15) is 0 Å². The van der Waals surface area contributed by atoms with E-state index in [1.165, 1.54) is 22.8 Å². The summed E-state index contributed by atoms with van der Waals surface area (Å²) in [5.74, 6) is -1.61. The highest BCUT2D eigenvalue weighted by Crippen LogP contribution is 2.10. The van der Waals surface area contributed by atoms with E-state index in [4.69, 9.17) is 0 Å². The third kappa shape index (κ3) is 3.86. The van der Waals surface area contributed by atoms with Gasteiger partial charge in [-0.05, 0) is 37.1 Å². The van der Waals surface area contributed by atoms with Crippen LogP contribution in [0.3, 0.4) is 0 Å². The molecule has 0 aliphatic carbocycles. The van der Waals surface area contributed by atoms with Crippen molar-refractivity contribution in [2.45, 2.75) is 26.9 Å². The molecule has 19 heavy (non-hydrogen) atoms. The number of hydrogen-bond donors (Lipinski definition) is 1. The third-order valence-corrected chi connectivity index (χ3v) is 2.92. The second kappa shape index (κ2) is 5.93. The summed E-state index contributed by atoms with van der Waals surface area (Å²) in [5.41, 5.74) is 4.39. The van der Waals surface area contributed by atoms with E-state index in [0.717, 1.165) is 11.6 Å². The molecule has 2 aromatic carbocycles. The van der Waals surface area contributed by atoms with Gasteiger partial charge in [-0.15, -0.1) is 0 Å². The Labute approximate surface area is 112 Å². The molecular weight excluding hydrogens is 244 g/mol. The maximum atomic E-state index is 13.0. The molecule has 0 bridgehead atoms. The molecule has 0 aromatic heterocycles. The Kier molecular flexibility index (Phi) is 4.27. The highest BCUT2D eigenvalue weighted by Gasteiger charge is 2.02. The second-order valence-electron chi connectivity index (χ2n) is 4.85. The third-order valence-electron chi connectivity index (χ3n) is 2.92. The van der Waals surface area contributed by atoms with Crippen molar-refractivity contribution < 1.29 is 8.78 Å². The molecule has 1 nitrogen and oxygen atoms in total. The van der Waals surface area contributed by atoms with Crippen molar-refractivity contribution in [3.8, 4) is 0 Å². The minimum absolute atomic E-state index is 0.518. The summed E-state index contributed by atoms with van der Waals surface area (Å²) < 4.78 is 25.8. The van der Waals surface area contributed by atoms with Crippen molar-refractivity contribution in [2.75, 3.05) is 0 Å². The van der Waals surface area contributed by atoms with Crippen molar-refractivity contribution in [1.82, 2.24) is 5.32 Å². The fourth-order valence-corrected chi connectivity index (χ4v) is 2.17. The van der Waals surface area contributed by atoms with E-state index >= 15 is 0 Å². The Balaban J connectivity index is 1.94. The summed E-state index contributed by atoms with van der Waals surface area (Å²) in [6.07, 6.45) is 0.